The third-order valence-electron chi connectivity index (χ3n) is 4.20. The van der Waals surface area contributed by atoms with Crippen LogP contribution in [0.2, 0.25) is 0 Å². The second kappa shape index (κ2) is 5.53. The van der Waals surface area contributed by atoms with Gasteiger partial charge in [0.05, 0.1) is 11.3 Å². The van der Waals surface area contributed by atoms with E-state index >= 15 is 0 Å². The topological polar surface area (TPSA) is 39.1 Å². The summed E-state index contributed by atoms with van der Waals surface area (Å²) in [4.78, 5) is 0. The molecule has 0 amide bonds. The first-order valence-electron chi connectivity index (χ1n) is 7.56. The quantitative estimate of drug-likeness (QED) is 0.915. The molecule has 1 N–H and O–H groups in total. The summed E-state index contributed by atoms with van der Waals surface area (Å²) >= 11 is 0. The predicted octanol–water partition coefficient (Wildman–Crippen LogP) is 3.39. The summed E-state index contributed by atoms with van der Waals surface area (Å²) in [6, 6.07) is 6.83. The Morgan fingerprint density at radius 1 is 1.29 bits per heavy atom. The molecule has 4 nitrogen and oxygen atoms in total. The van der Waals surface area contributed by atoms with Crippen molar-refractivity contribution in [2.45, 2.75) is 46.2 Å². The van der Waals surface area contributed by atoms with E-state index in [1.807, 2.05) is 30.8 Å². The average Bonchev–Trinajstić information content (AvgIpc) is 3.22. The molecule has 2 aromatic rings. The van der Waals surface area contributed by atoms with Crippen molar-refractivity contribution in [3.05, 3.63) is 40.6 Å². The summed E-state index contributed by atoms with van der Waals surface area (Å²) < 4.78 is 8.02. The van der Waals surface area contributed by atoms with Crippen molar-refractivity contribution < 1.29 is 4.74 Å². The molecule has 0 unspecified atom stereocenters. The van der Waals surface area contributed by atoms with E-state index < -0.39 is 0 Å². The lowest BCUT2D eigenvalue weighted by molar-refractivity contribution is 0.420. The van der Waals surface area contributed by atoms with Crippen LogP contribution in [-0.2, 0) is 13.6 Å². The highest BCUT2D eigenvalue weighted by atomic mass is 16.5. The van der Waals surface area contributed by atoms with Gasteiger partial charge in [0.15, 0.2) is 0 Å². The fourth-order valence-electron chi connectivity index (χ4n) is 2.48. The van der Waals surface area contributed by atoms with Crippen LogP contribution in [0.4, 0.5) is 0 Å². The Balaban J connectivity index is 1.88. The van der Waals surface area contributed by atoms with E-state index in [1.54, 1.807) is 0 Å². The van der Waals surface area contributed by atoms with Crippen molar-refractivity contribution in [1.82, 2.24) is 15.1 Å². The Kier molecular flexibility index (Phi) is 3.72. The number of aromatic nitrogens is 2. The van der Waals surface area contributed by atoms with E-state index in [0.29, 0.717) is 6.04 Å². The summed E-state index contributed by atoms with van der Waals surface area (Å²) in [5, 5.41) is 8.06. The van der Waals surface area contributed by atoms with Gasteiger partial charge in [-0.25, -0.2) is 4.68 Å². The molecule has 1 saturated carbocycles. The van der Waals surface area contributed by atoms with Crippen LogP contribution in [0.5, 0.6) is 11.6 Å². The maximum absolute atomic E-state index is 6.19. The summed E-state index contributed by atoms with van der Waals surface area (Å²) in [6.45, 7) is 7.06. The van der Waals surface area contributed by atoms with E-state index in [-0.39, 0.29) is 0 Å². The monoisotopic (exact) mass is 285 g/mol. The van der Waals surface area contributed by atoms with Gasteiger partial charge in [0.1, 0.15) is 5.75 Å². The molecule has 112 valence electrons. The summed E-state index contributed by atoms with van der Waals surface area (Å²) in [6.07, 6.45) is 2.57. The van der Waals surface area contributed by atoms with Crippen molar-refractivity contribution in [3.63, 3.8) is 0 Å². The molecule has 4 heteroatoms. The number of aryl methyl sites for hydroxylation is 3. The first kappa shape index (κ1) is 14.1. The SMILES string of the molecule is Cc1cccc(Oc2c(CNC3CC3)c(C)nn2C)c1C. The summed E-state index contributed by atoms with van der Waals surface area (Å²) in [7, 11) is 1.94. The van der Waals surface area contributed by atoms with Crippen LogP contribution < -0.4 is 10.1 Å². The molecule has 1 heterocycles. The minimum atomic E-state index is 0.679. The molecule has 0 bridgehead atoms. The molecule has 1 aromatic heterocycles. The molecule has 1 fully saturated rings. The van der Waals surface area contributed by atoms with Gasteiger partial charge in [-0.3, -0.25) is 0 Å². The highest BCUT2D eigenvalue weighted by Crippen LogP contribution is 2.31. The molecule has 1 aliphatic rings. The van der Waals surface area contributed by atoms with Crippen molar-refractivity contribution >= 4 is 0 Å². The van der Waals surface area contributed by atoms with Gasteiger partial charge in [0, 0.05) is 19.6 Å². The standard InChI is InChI=1S/C17H23N3O/c1-11-6-5-7-16(12(11)2)21-17-15(10-18-14-8-9-14)13(3)19-20(17)4/h5-7,14,18H,8-10H2,1-4H3. The van der Waals surface area contributed by atoms with Gasteiger partial charge >= 0.3 is 0 Å². The van der Waals surface area contributed by atoms with E-state index in [1.165, 1.54) is 24.0 Å². The molecule has 1 aromatic carbocycles. The van der Waals surface area contributed by atoms with Crippen molar-refractivity contribution in [3.8, 4) is 11.6 Å². The third-order valence-corrected chi connectivity index (χ3v) is 4.20. The van der Waals surface area contributed by atoms with E-state index in [4.69, 9.17) is 4.74 Å². The van der Waals surface area contributed by atoms with Crippen LogP contribution in [-0.4, -0.2) is 15.8 Å². The number of hydrogen-bond acceptors (Lipinski definition) is 3. The van der Waals surface area contributed by atoms with Gasteiger partial charge in [-0.2, -0.15) is 5.10 Å². The van der Waals surface area contributed by atoms with Gasteiger partial charge in [0.25, 0.3) is 0 Å². The second-order valence-electron chi connectivity index (χ2n) is 5.95. The van der Waals surface area contributed by atoms with Crippen LogP contribution in [0.3, 0.4) is 0 Å². The van der Waals surface area contributed by atoms with Gasteiger partial charge in [-0.1, -0.05) is 12.1 Å². The summed E-state index contributed by atoms with van der Waals surface area (Å²) in [5.41, 5.74) is 4.61. The normalized spacial score (nSPS) is 14.5. The maximum atomic E-state index is 6.19. The van der Waals surface area contributed by atoms with Crippen LogP contribution in [0.25, 0.3) is 0 Å². The Morgan fingerprint density at radius 3 is 2.76 bits per heavy atom. The zero-order chi connectivity index (χ0) is 15.0. The minimum Gasteiger partial charge on any atom is -0.439 e. The van der Waals surface area contributed by atoms with Crippen LogP contribution in [0.15, 0.2) is 18.2 Å². The van der Waals surface area contributed by atoms with Gasteiger partial charge in [-0.05, 0) is 50.8 Å². The van der Waals surface area contributed by atoms with E-state index in [9.17, 15) is 0 Å². The Bertz CT molecular complexity index is 656. The lowest BCUT2D eigenvalue weighted by Crippen LogP contribution is -2.16. The maximum Gasteiger partial charge on any atom is 0.222 e. The van der Waals surface area contributed by atoms with Crippen LogP contribution in [0, 0.1) is 20.8 Å². The van der Waals surface area contributed by atoms with Gasteiger partial charge in [0.2, 0.25) is 5.88 Å². The molecule has 1 aliphatic carbocycles. The highest BCUT2D eigenvalue weighted by molar-refractivity contribution is 5.42. The number of benzene rings is 1. The lowest BCUT2D eigenvalue weighted by Gasteiger charge is -2.12. The zero-order valence-electron chi connectivity index (χ0n) is 13.2. The van der Waals surface area contributed by atoms with E-state index in [0.717, 1.165) is 29.4 Å². The molecule has 0 spiro atoms. The summed E-state index contributed by atoms with van der Waals surface area (Å²) in [5.74, 6) is 1.75. The number of rotatable bonds is 5. The molecule has 0 radical (unpaired) electrons. The Labute approximate surface area is 126 Å². The number of ether oxygens (including phenoxy) is 1. The third kappa shape index (κ3) is 2.95. The number of nitrogens with zero attached hydrogens (tertiary/aromatic N) is 2. The molecular weight excluding hydrogens is 262 g/mol. The molecule has 0 atom stereocenters. The van der Waals surface area contributed by atoms with Gasteiger partial charge in [-0.15, -0.1) is 0 Å². The number of hydrogen-bond donors (Lipinski definition) is 1. The first-order chi connectivity index (χ1) is 10.1. The highest BCUT2D eigenvalue weighted by Gasteiger charge is 2.23. The second-order valence-corrected chi connectivity index (χ2v) is 5.95. The average molecular weight is 285 g/mol. The predicted molar refractivity (Wildman–Crippen MR) is 83.8 cm³/mol. The zero-order valence-corrected chi connectivity index (χ0v) is 13.2. The minimum absolute atomic E-state index is 0.679. The smallest absolute Gasteiger partial charge is 0.222 e. The van der Waals surface area contributed by atoms with Crippen molar-refractivity contribution in [2.24, 2.45) is 7.05 Å². The molecule has 3 rings (SSSR count). The molecular formula is C17H23N3O. The fourth-order valence-corrected chi connectivity index (χ4v) is 2.48. The van der Waals surface area contributed by atoms with Crippen molar-refractivity contribution in [2.75, 3.05) is 0 Å². The van der Waals surface area contributed by atoms with Crippen molar-refractivity contribution in [1.29, 1.82) is 0 Å². The van der Waals surface area contributed by atoms with E-state index in [2.05, 4.69) is 30.3 Å². The number of nitrogens with one attached hydrogen (secondary N) is 1. The Morgan fingerprint density at radius 2 is 2.05 bits per heavy atom. The molecule has 0 saturated heterocycles. The Hall–Kier alpha value is -1.81. The fraction of sp³-hybridized carbons (Fsp3) is 0.471. The van der Waals surface area contributed by atoms with Crippen LogP contribution in [0.1, 0.15) is 35.2 Å². The lowest BCUT2D eigenvalue weighted by atomic mass is 10.1. The largest absolute Gasteiger partial charge is 0.439 e. The van der Waals surface area contributed by atoms with Gasteiger partial charge < -0.3 is 10.1 Å². The molecule has 0 aliphatic heterocycles. The van der Waals surface area contributed by atoms with Crippen LogP contribution >= 0.6 is 0 Å². The first-order valence-corrected chi connectivity index (χ1v) is 7.56. The molecule has 21 heavy (non-hydrogen) atoms.